The molecule has 2 fully saturated rings. The van der Waals surface area contributed by atoms with E-state index in [1.165, 1.54) is 18.4 Å². The molecule has 32 heavy (non-hydrogen) atoms. The number of anilines is 1. The van der Waals surface area contributed by atoms with Gasteiger partial charge in [0.05, 0.1) is 6.26 Å². The van der Waals surface area contributed by atoms with E-state index >= 15 is 0 Å². The number of rotatable bonds is 10. The predicted octanol–water partition coefficient (Wildman–Crippen LogP) is 3.67. The number of carbonyl (C=O) groups is 1. The number of benzene rings is 2. The van der Waals surface area contributed by atoms with Gasteiger partial charge in [-0.3, -0.25) is 8.98 Å². The molecule has 1 aliphatic carbocycles. The van der Waals surface area contributed by atoms with Gasteiger partial charge in [-0.05, 0) is 66.6 Å². The first-order valence-corrected chi connectivity index (χ1v) is 12.8. The van der Waals surface area contributed by atoms with E-state index in [0.717, 1.165) is 23.3 Å². The molecular formula is C24H29NO6S. The van der Waals surface area contributed by atoms with Gasteiger partial charge in [0.1, 0.15) is 24.7 Å². The molecule has 2 aromatic carbocycles. The number of hydrogen-bond acceptors (Lipinski definition) is 6. The van der Waals surface area contributed by atoms with Crippen molar-refractivity contribution in [3.8, 4) is 11.5 Å². The number of nitrogens with zero attached hydrogens (tertiary/aromatic N) is 1. The zero-order valence-electron chi connectivity index (χ0n) is 18.5. The maximum Gasteiger partial charge on any atom is 0.268 e. The Balaban J connectivity index is 1.37. The molecule has 2 aromatic rings. The fourth-order valence-corrected chi connectivity index (χ4v) is 4.28. The van der Waals surface area contributed by atoms with E-state index in [9.17, 15) is 13.2 Å². The monoisotopic (exact) mass is 459 g/mol. The topological polar surface area (TPSA) is 82.1 Å². The van der Waals surface area contributed by atoms with E-state index in [-0.39, 0.29) is 19.1 Å². The third-order valence-corrected chi connectivity index (χ3v) is 6.33. The van der Waals surface area contributed by atoms with Gasteiger partial charge < -0.3 is 14.4 Å². The van der Waals surface area contributed by atoms with Crippen LogP contribution in [-0.2, 0) is 25.5 Å². The van der Waals surface area contributed by atoms with Crippen LogP contribution in [-0.4, -0.2) is 46.4 Å². The molecule has 0 spiro atoms. The lowest BCUT2D eigenvalue weighted by molar-refractivity contribution is -0.122. The zero-order valence-corrected chi connectivity index (χ0v) is 19.3. The van der Waals surface area contributed by atoms with E-state index in [1.54, 1.807) is 4.90 Å². The third kappa shape index (κ3) is 5.61. The van der Waals surface area contributed by atoms with Gasteiger partial charge in [-0.1, -0.05) is 19.1 Å². The third-order valence-electron chi connectivity index (χ3n) is 5.74. The summed E-state index contributed by atoms with van der Waals surface area (Å²) >= 11 is 0. The highest BCUT2D eigenvalue weighted by Gasteiger charge is 2.34. The van der Waals surface area contributed by atoms with E-state index < -0.39 is 16.2 Å². The van der Waals surface area contributed by atoms with Crippen molar-refractivity contribution in [1.82, 2.24) is 0 Å². The number of hydrogen-bond donors (Lipinski definition) is 0. The van der Waals surface area contributed by atoms with Crippen LogP contribution in [0, 0.1) is 0 Å². The minimum atomic E-state index is -3.49. The normalized spacial score (nSPS) is 18.8. The molecule has 4 rings (SSSR count). The Morgan fingerprint density at radius 1 is 1.03 bits per heavy atom. The maximum absolute atomic E-state index is 13.0. The Morgan fingerprint density at radius 2 is 1.78 bits per heavy atom. The minimum absolute atomic E-state index is 0.0466. The second-order valence-corrected chi connectivity index (χ2v) is 9.89. The Bertz CT molecular complexity index is 1060. The molecule has 172 valence electrons. The second kappa shape index (κ2) is 9.50. The van der Waals surface area contributed by atoms with Gasteiger partial charge in [0.25, 0.3) is 16.0 Å². The van der Waals surface area contributed by atoms with Crippen LogP contribution in [0.25, 0.3) is 0 Å². The predicted molar refractivity (Wildman–Crippen MR) is 122 cm³/mol. The summed E-state index contributed by atoms with van der Waals surface area (Å²) in [7, 11) is -3.49. The van der Waals surface area contributed by atoms with Crippen molar-refractivity contribution in [2.45, 2.75) is 44.6 Å². The van der Waals surface area contributed by atoms with Gasteiger partial charge in [-0.2, -0.15) is 8.42 Å². The number of amides is 1. The highest BCUT2D eigenvalue weighted by atomic mass is 32.2. The van der Waals surface area contributed by atoms with Gasteiger partial charge in [0.15, 0.2) is 6.10 Å². The average Bonchev–Trinajstić information content (AvgIpc) is 3.56. The summed E-state index contributed by atoms with van der Waals surface area (Å²) in [5.74, 6) is 2.03. The van der Waals surface area contributed by atoms with Gasteiger partial charge in [-0.15, -0.1) is 0 Å². The van der Waals surface area contributed by atoms with Crippen molar-refractivity contribution in [2.75, 3.05) is 30.9 Å². The molecule has 8 heteroatoms. The second-order valence-electron chi connectivity index (χ2n) is 8.25. The van der Waals surface area contributed by atoms with Crippen LogP contribution in [0.2, 0.25) is 0 Å². The molecule has 1 atom stereocenters. The molecule has 7 nitrogen and oxygen atoms in total. The van der Waals surface area contributed by atoms with Crippen molar-refractivity contribution in [2.24, 2.45) is 0 Å². The number of aryl methyl sites for hydroxylation is 1. The maximum atomic E-state index is 13.0. The minimum Gasteiger partial charge on any atom is -0.491 e. The molecular weight excluding hydrogens is 430 g/mol. The summed E-state index contributed by atoms with van der Waals surface area (Å²) in [6.45, 7) is 2.67. The van der Waals surface area contributed by atoms with Crippen molar-refractivity contribution < 1.29 is 26.9 Å². The van der Waals surface area contributed by atoms with E-state index in [0.29, 0.717) is 31.1 Å². The van der Waals surface area contributed by atoms with Gasteiger partial charge in [-0.25, -0.2) is 0 Å². The summed E-state index contributed by atoms with van der Waals surface area (Å²) in [6, 6.07) is 13.7. The first kappa shape index (κ1) is 22.6. The summed E-state index contributed by atoms with van der Waals surface area (Å²) in [5, 5.41) is 0. The summed E-state index contributed by atoms with van der Waals surface area (Å²) in [4.78, 5) is 14.7. The molecule has 0 aromatic heterocycles. The van der Waals surface area contributed by atoms with Crippen LogP contribution in [0.5, 0.6) is 11.5 Å². The van der Waals surface area contributed by atoms with E-state index in [4.69, 9.17) is 13.7 Å². The van der Waals surface area contributed by atoms with Crippen molar-refractivity contribution in [3.63, 3.8) is 0 Å². The van der Waals surface area contributed by atoms with Crippen molar-refractivity contribution in [3.05, 3.63) is 53.6 Å². The van der Waals surface area contributed by atoms with Crippen molar-refractivity contribution in [1.29, 1.82) is 0 Å². The fraction of sp³-hybridized carbons (Fsp3) is 0.458. The number of carbonyl (C=O) groups excluding carboxylic acids is 1. The SMILES string of the molecule is CCc1cc(N2CCC(Oc3ccc(C4CC4)cc3)C2=O)ccc1OCCOS(C)(=O)=O. The van der Waals surface area contributed by atoms with Gasteiger partial charge >= 0.3 is 0 Å². The highest BCUT2D eigenvalue weighted by molar-refractivity contribution is 7.85. The number of ether oxygens (including phenoxy) is 2. The molecule has 0 radical (unpaired) electrons. The van der Waals surface area contributed by atoms with Crippen molar-refractivity contribution >= 4 is 21.7 Å². The first-order valence-electron chi connectivity index (χ1n) is 11.0. The molecule has 1 saturated carbocycles. The zero-order chi connectivity index (χ0) is 22.7. The molecule has 1 heterocycles. The van der Waals surface area contributed by atoms with Crippen LogP contribution < -0.4 is 14.4 Å². The molecule has 1 amide bonds. The standard InChI is InChI=1S/C24H29NO6S/c1-3-17-16-20(8-11-22(17)29-14-15-30-32(2,27)28)25-13-12-23(24(25)26)31-21-9-6-19(7-10-21)18-4-5-18/h6-11,16,18,23H,3-5,12-15H2,1-2H3. The molecule has 1 aliphatic heterocycles. The van der Waals surface area contributed by atoms with Crippen LogP contribution in [0.4, 0.5) is 5.69 Å². The summed E-state index contributed by atoms with van der Waals surface area (Å²) in [6.07, 6.45) is 4.38. The Hall–Kier alpha value is -2.58. The quantitative estimate of drug-likeness (QED) is 0.398. The molecule has 2 aliphatic rings. The van der Waals surface area contributed by atoms with Gasteiger partial charge in [0.2, 0.25) is 0 Å². The lowest BCUT2D eigenvalue weighted by Crippen LogP contribution is -2.32. The summed E-state index contributed by atoms with van der Waals surface area (Å²) in [5.41, 5.74) is 3.09. The Labute approximate surface area is 189 Å². The van der Waals surface area contributed by atoms with Crippen LogP contribution >= 0.6 is 0 Å². The lowest BCUT2D eigenvalue weighted by Gasteiger charge is -2.19. The largest absolute Gasteiger partial charge is 0.491 e. The van der Waals surface area contributed by atoms with Gasteiger partial charge in [0, 0.05) is 18.7 Å². The Morgan fingerprint density at radius 3 is 2.44 bits per heavy atom. The molecule has 0 N–H and O–H groups in total. The average molecular weight is 460 g/mol. The van der Waals surface area contributed by atoms with Crippen LogP contribution in [0.1, 0.15) is 43.2 Å². The first-order chi connectivity index (χ1) is 15.3. The lowest BCUT2D eigenvalue weighted by atomic mass is 10.1. The van der Waals surface area contributed by atoms with Crippen LogP contribution in [0.15, 0.2) is 42.5 Å². The summed E-state index contributed by atoms with van der Waals surface area (Å²) < 4.78 is 38.5. The Kier molecular flexibility index (Phi) is 6.71. The molecule has 0 bridgehead atoms. The van der Waals surface area contributed by atoms with Crippen LogP contribution in [0.3, 0.4) is 0 Å². The van der Waals surface area contributed by atoms with E-state index in [1.807, 2.05) is 37.3 Å². The van der Waals surface area contributed by atoms with E-state index in [2.05, 4.69) is 12.1 Å². The molecule has 1 unspecified atom stereocenters. The molecule has 1 saturated heterocycles. The smallest absolute Gasteiger partial charge is 0.268 e. The fourth-order valence-electron chi connectivity index (χ4n) is 3.91. The highest BCUT2D eigenvalue weighted by Crippen LogP contribution is 2.40.